The Bertz CT molecular complexity index is 493. The van der Waals surface area contributed by atoms with Crippen molar-refractivity contribution in [1.82, 2.24) is 25.4 Å². The summed E-state index contributed by atoms with van der Waals surface area (Å²) in [7, 11) is 1.73. The van der Waals surface area contributed by atoms with Crippen LogP contribution >= 0.6 is 0 Å². The predicted molar refractivity (Wildman–Crippen MR) is 61.9 cm³/mol. The standard InChI is InChI=1S/C11H15N5O2/c1-16-5-4-7(11(16)18)12-10(17)9-13-8(14-15-9)6-2-3-6/h6-7H,2-5H2,1H3,(H,12,17)(H,13,14,15). The van der Waals surface area contributed by atoms with Crippen molar-refractivity contribution >= 4 is 11.8 Å². The highest BCUT2D eigenvalue weighted by atomic mass is 16.2. The first kappa shape index (κ1) is 11.2. The van der Waals surface area contributed by atoms with Gasteiger partial charge < -0.3 is 10.2 Å². The molecule has 0 aromatic carbocycles. The quantitative estimate of drug-likeness (QED) is 0.765. The summed E-state index contributed by atoms with van der Waals surface area (Å²) in [5.74, 6) is 0.890. The maximum Gasteiger partial charge on any atom is 0.291 e. The first-order valence-electron chi connectivity index (χ1n) is 6.13. The van der Waals surface area contributed by atoms with E-state index < -0.39 is 6.04 Å². The molecule has 2 heterocycles. The number of likely N-dealkylation sites (tertiary alicyclic amines) is 1. The SMILES string of the molecule is CN1CCC(NC(=O)c2n[nH]c(C3CC3)n2)C1=O. The van der Waals surface area contributed by atoms with Crippen LogP contribution in [-0.4, -0.2) is 51.5 Å². The van der Waals surface area contributed by atoms with Crippen LogP contribution in [0.5, 0.6) is 0 Å². The van der Waals surface area contributed by atoms with Gasteiger partial charge in [-0.2, -0.15) is 0 Å². The number of aromatic nitrogens is 3. The molecule has 7 nitrogen and oxygen atoms in total. The highest BCUT2D eigenvalue weighted by molar-refractivity contribution is 5.95. The lowest BCUT2D eigenvalue weighted by molar-refractivity contribution is -0.128. The number of nitrogens with zero attached hydrogens (tertiary/aromatic N) is 3. The van der Waals surface area contributed by atoms with Crippen molar-refractivity contribution in [3.8, 4) is 0 Å². The lowest BCUT2D eigenvalue weighted by atomic mass is 10.2. The van der Waals surface area contributed by atoms with Crippen LogP contribution in [0.3, 0.4) is 0 Å². The van der Waals surface area contributed by atoms with Crippen LogP contribution in [0.25, 0.3) is 0 Å². The second-order valence-corrected chi connectivity index (χ2v) is 4.89. The maximum absolute atomic E-state index is 11.9. The minimum atomic E-state index is -0.439. The molecular formula is C11H15N5O2. The van der Waals surface area contributed by atoms with Gasteiger partial charge in [0.05, 0.1) is 0 Å². The Labute approximate surface area is 104 Å². The molecule has 1 saturated carbocycles. The molecule has 3 rings (SSSR count). The van der Waals surface area contributed by atoms with Crippen molar-refractivity contribution < 1.29 is 9.59 Å². The van der Waals surface area contributed by atoms with E-state index in [4.69, 9.17) is 0 Å². The summed E-state index contributed by atoms with van der Waals surface area (Å²) in [6.45, 7) is 0.672. The zero-order chi connectivity index (χ0) is 12.7. The van der Waals surface area contributed by atoms with Gasteiger partial charge in [0.25, 0.3) is 5.91 Å². The number of hydrogen-bond acceptors (Lipinski definition) is 4. The Morgan fingerprint density at radius 1 is 1.44 bits per heavy atom. The molecular weight excluding hydrogens is 234 g/mol. The van der Waals surface area contributed by atoms with Crippen LogP contribution in [0, 0.1) is 0 Å². The monoisotopic (exact) mass is 249 g/mol. The highest BCUT2D eigenvalue weighted by Gasteiger charge is 2.32. The van der Waals surface area contributed by atoms with Crippen LogP contribution in [0.4, 0.5) is 0 Å². The van der Waals surface area contributed by atoms with E-state index in [0.29, 0.717) is 18.9 Å². The van der Waals surface area contributed by atoms with Crippen molar-refractivity contribution in [2.24, 2.45) is 0 Å². The number of carbonyl (C=O) groups excluding carboxylic acids is 2. The lowest BCUT2D eigenvalue weighted by Crippen LogP contribution is -2.40. The number of rotatable bonds is 3. The molecule has 2 aliphatic rings. The van der Waals surface area contributed by atoms with Crippen LogP contribution in [0.15, 0.2) is 0 Å². The van der Waals surface area contributed by atoms with Gasteiger partial charge in [-0.3, -0.25) is 14.7 Å². The fourth-order valence-corrected chi connectivity index (χ4v) is 2.09. The van der Waals surface area contributed by atoms with Gasteiger partial charge in [0, 0.05) is 19.5 Å². The van der Waals surface area contributed by atoms with E-state index in [1.165, 1.54) is 0 Å². The number of likely N-dealkylation sites (N-methyl/N-ethyl adjacent to an activating group) is 1. The molecule has 7 heteroatoms. The molecule has 2 N–H and O–H groups in total. The van der Waals surface area contributed by atoms with Crippen LogP contribution in [-0.2, 0) is 4.79 Å². The van der Waals surface area contributed by atoms with E-state index in [1.807, 2.05) is 0 Å². The summed E-state index contributed by atoms with van der Waals surface area (Å²) < 4.78 is 0. The second kappa shape index (κ2) is 4.08. The average Bonchev–Trinajstić information content (AvgIpc) is 3.02. The van der Waals surface area contributed by atoms with Crippen molar-refractivity contribution in [3.05, 3.63) is 11.6 Å². The molecule has 18 heavy (non-hydrogen) atoms. The molecule has 2 fully saturated rings. The summed E-state index contributed by atoms with van der Waals surface area (Å²) in [6, 6.07) is -0.439. The van der Waals surface area contributed by atoms with E-state index in [2.05, 4.69) is 20.5 Å². The van der Waals surface area contributed by atoms with Gasteiger partial charge in [-0.05, 0) is 19.3 Å². The predicted octanol–water partition coefficient (Wildman–Crippen LogP) is -0.357. The molecule has 1 aromatic heterocycles. The fraction of sp³-hybridized carbons (Fsp3) is 0.636. The summed E-state index contributed by atoms with van der Waals surface area (Å²) in [5.41, 5.74) is 0. The fourth-order valence-electron chi connectivity index (χ4n) is 2.09. The molecule has 1 unspecified atom stereocenters. The molecule has 1 aliphatic carbocycles. The smallest absolute Gasteiger partial charge is 0.291 e. The molecule has 0 spiro atoms. The average molecular weight is 249 g/mol. The molecule has 0 radical (unpaired) electrons. The second-order valence-electron chi connectivity index (χ2n) is 4.89. The highest BCUT2D eigenvalue weighted by Crippen LogP contribution is 2.37. The summed E-state index contributed by atoms with van der Waals surface area (Å²) in [4.78, 5) is 29.3. The normalized spacial score (nSPS) is 23.5. The van der Waals surface area contributed by atoms with E-state index in [-0.39, 0.29) is 17.6 Å². The van der Waals surface area contributed by atoms with Crippen molar-refractivity contribution in [2.45, 2.75) is 31.2 Å². The Balaban J connectivity index is 1.65. The third kappa shape index (κ3) is 1.96. The number of amides is 2. The topological polar surface area (TPSA) is 91.0 Å². The Morgan fingerprint density at radius 2 is 2.22 bits per heavy atom. The number of carbonyl (C=O) groups is 2. The third-order valence-corrected chi connectivity index (χ3v) is 3.40. The molecule has 1 atom stereocenters. The number of hydrogen-bond donors (Lipinski definition) is 2. The van der Waals surface area contributed by atoms with E-state index in [9.17, 15) is 9.59 Å². The number of nitrogens with one attached hydrogen (secondary N) is 2. The molecule has 1 aromatic rings. The first-order chi connectivity index (χ1) is 8.65. The molecule has 1 aliphatic heterocycles. The van der Waals surface area contributed by atoms with E-state index in [1.54, 1.807) is 11.9 Å². The van der Waals surface area contributed by atoms with E-state index in [0.717, 1.165) is 18.7 Å². The van der Waals surface area contributed by atoms with E-state index >= 15 is 0 Å². The van der Waals surface area contributed by atoms with Gasteiger partial charge in [-0.25, -0.2) is 4.98 Å². The zero-order valence-electron chi connectivity index (χ0n) is 10.1. The first-order valence-corrected chi connectivity index (χ1v) is 6.13. The van der Waals surface area contributed by atoms with Gasteiger partial charge in [0.1, 0.15) is 11.9 Å². The number of aromatic amines is 1. The molecule has 2 amide bonds. The van der Waals surface area contributed by atoms with Crippen molar-refractivity contribution in [1.29, 1.82) is 0 Å². The summed E-state index contributed by atoms with van der Waals surface area (Å²) in [6.07, 6.45) is 2.84. The summed E-state index contributed by atoms with van der Waals surface area (Å²) >= 11 is 0. The van der Waals surface area contributed by atoms with Crippen molar-refractivity contribution in [2.75, 3.05) is 13.6 Å². The van der Waals surface area contributed by atoms with Crippen LogP contribution in [0.2, 0.25) is 0 Å². The third-order valence-electron chi connectivity index (χ3n) is 3.40. The largest absolute Gasteiger partial charge is 0.344 e. The minimum absolute atomic E-state index is 0.0543. The zero-order valence-corrected chi connectivity index (χ0v) is 10.1. The molecule has 0 bridgehead atoms. The Kier molecular flexibility index (Phi) is 2.53. The maximum atomic E-state index is 11.9. The van der Waals surface area contributed by atoms with Crippen LogP contribution < -0.4 is 5.32 Å². The van der Waals surface area contributed by atoms with Crippen LogP contribution in [0.1, 0.15) is 41.6 Å². The summed E-state index contributed by atoms with van der Waals surface area (Å²) in [5, 5.41) is 9.34. The van der Waals surface area contributed by atoms with Crippen molar-refractivity contribution in [3.63, 3.8) is 0 Å². The lowest BCUT2D eigenvalue weighted by Gasteiger charge is -2.10. The Morgan fingerprint density at radius 3 is 2.83 bits per heavy atom. The van der Waals surface area contributed by atoms with Gasteiger partial charge in [-0.15, -0.1) is 5.10 Å². The molecule has 96 valence electrons. The Hall–Kier alpha value is -1.92. The molecule has 1 saturated heterocycles. The van der Waals surface area contributed by atoms with Gasteiger partial charge in [0.15, 0.2) is 0 Å². The number of H-pyrrole nitrogens is 1. The van der Waals surface area contributed by atoms with Gasteiger partial charge in [0.2, 0.25) is 11.7 Å². The van der Waals surface area contributed by atoms with Gasteiger partial charge in [-0.1, -0.05) is 0 Å². The minimum Gasteiger partial charge on any atom is -0.344 e. The van der Waals surface area contributed by atoms with Gasteiger partial charge >= 0.3 is 0 Å².